The monoisotopic (exact) mass is 253 g/mol. The van der Waals surface area contributed by atoms with Gasteiger partial charge in [0, 0.05) is 18.3 Å². The molecule has 3 nitrogen and oxygen atoms in total. The summed E-state index contributed by atoms with van der Waals surface area (Å²) in [5.74, 6) is 1.72. The fourth-order valence-electron chi connectivity index (χ4n) is 1.93. The standard InChI is InChI=1S/C13H20ClN3/c1-9(2)17(7-11-4-5-11)8-13-15-10(3)6-12(14)16-13/h6,9,11H,4-5,7-8H2,1-3H3. The van der Waals surface area contributed by atoms with Crippen molar-refractivity contribution < 1.29 is 0 Å². The Bertz CT molecular complexity index is 368. The van der Waals surface area contributed by atoms with E-state index in [1.807, 2.05) is 6.92 Å². The largest absolute Gasteiger partial charge is 0.293 e. The molecule has 0 atom stereocenters. The molecule has 2 rings (SSSR count). The quantitative estimate of drug-likeness (QED) is 0.756. The molecule has 0 unspecified atom stereocenters. The number of aromatic nitrogens is 2. The number of nitrogens with zero attached hydrogens (tertiary/aromatic N) is 3. The molecule has 0 saturated heterocycles. The lowest BCUT2D eigenvalue weighted by atomic mass is 10.2. The zero-order valence-corrected chi connectivity index (χ0v) is 11.5. The predicted octanol–water partition coefficient (Wildman–Crippen LogP) is 3.06. The highest BCUT2D eigenvalue weighted by molar-refractivity contribution is 6.29. The van der Waals surface area contributed by atoms with Gasteiger partial charge in [-0.1, -0.05) is 11.6 Å². The van der Waals surface area contributed by atoms with Crippen molar-refractivity contribution in [3.63, 3.8) is 0 Å². The van der Waals surface area contributed by atoms with Crippen molar-refractivity contribution in [1.82, 2.24) is 14.9 Å². The van der Waals surface area contributed by atoms with E-state index in [-0.39, 0.29) is 0 Å². The summed E-state index contributed by atoms with van der Waals surface area (Å²) >= 11 is 5.96. The summed E-state index contributed by atoms with van der Waals surface area (Å²) in [4.78, 5) is 11.2. The summed E-state index contributed by atoms with van der Waals surface area (Å²) in [6.45, 7) is 8.36. The Balaban J connectivity index is 2.04. The summed E-state index contributed by atoms with van der Waals surface area (Å²) in [5, 5.41) is 0.544. The first-order chi connectivity index (χ1) is 8.04. The molecule has 0 bridgehead atoms. The van der Waals surface area contributed by atoms with Gasteiger partial charge < -0.3 is 0 Å². The highest BCUT2D eigenvalue weighted by Crippen LogP contribution is 2.30. The molecule has 1 fully saturated rings. The highest BCUT2D eigenvalue weighted by Gasteiger charge is 2.25. The van der Waals surface area contributed by atoms with Crippen LogP contribution >= 0.6 is 11.6 Å². The third-order valence-electron chi connectivity index (χ3n) is 3.13. The van der Waals surface area contributed by atoms with Crippen LogP contribution in [0.1, 0.15) is 38.2 Å². The maximum atomic E-state index is 5.96. The van der Waals surface area contributed by atoms with Gasteiger partial charge in [-0.05, 0) is 45.6 Å². The van der Waals surface area contributed by atoms with Crippen LogP contribution in [-0.2, 0) is 6.54 Å². The van der Waals surface area contributed by atoms with E-state index in [1.165, 1.54) is 12.8 Å². The van der Waals surface area contributed by atoms with Gasteiger partial charge in [-0.3, -0.25) is 4.90 Å². The predicted molar refractivity (Wildman–Crippen MR) is 70.0 cm³/mol. The van der Waals surface area contributed by atoms with Gasteiger partial charge in [0.15, 0.2) is 0 Å². The van der Waals surface area contributed by atoms with Crippen LogP contribution in [0.25, 0.3) is 0 Å². The van der Waals surface area contributed by atoms with E-state index in [0.717, 1.165) is 30.5 Å². The summed E-state index contributed by atoms with van der Waals surface area (Å²) in [6.07, 6.45) is 2.75. The van der Waals surface area contributed by atoms with Gasteiger partial charge in [-0.15, -0.1) is 0 Å². The minimum Gasteiger partial charge on any atom is -0.293 e. The van der Waals surface area contributed by atoms with Crippen LogP contribution in [0.2, 0.25) is 5.15 Å². The second-order valence-electron chi connectivity index (χ2n) is 5.21. The van der Waals surface area contributed by atoms with Gasteiger partial charge in [-0.2, -0.15) is 0 Å². The van der Waals surface area contributed by atoms with Crippen molar-refractivity contribution in [3.05, 3.63) is 22.7 Å². The molecule has 94 valence electrons. The van der Waals surface area contributed by atoms with Gasteiger partial charge in [0.25, 0.3) is 0 Å². The zero-order chi connectivity index (χ0) is 12.4. The molecule has 0 aliphatic heterocycles. The fraction of sp³-hybridized carbons (Fsp3) is 0.692. The average Bonchev–Trinajstić information content (AvgIpc) is 2.98. The van der Waals surface area contributed by atoms with Crippen LogP contribution in [0.4, 0.5) is 0 Å². The Kier molecular flexibility index (Phi) is 4.00. The molecule has 1 aromatic rings. The molecule has 1 saturated carbocycles. The Hall–Kier alpha value is -0.670. The second kappa shape index (κ2) is 5.32. The molecular formula is C13H20ClN3. The summed E-state index contributed by atoms with van der Waals surface area (Å²) in [6, 6.07) is 2.32. The van der Waals surface area contributed by atoms with Crippen molar-refractivity contribution >= 4 is 11.6 Å². The molecule has 0 spiro atoms. The van der Waals surface area contributed by atoms with Crippen LogP contribution < -0.4 is 0 Å². The molecule has 4 heteroatoms. The number of halogens is 1. The Morgan fingerprint density at radius 3 is 2.65 bits per heavy atom. The normalized spacial score (nSPS) is 15.9. The number of aryl methyl sites for hydroxylation is 1. The number of hydrogen-bond donors (Lipinski definition) is 0. The van der Waals surface area contributed by atoms with Crippen LogP contribution in [0.5, 0.6) is 0 Å². The van der Waals surface area contributed by atoms with Crippen molar-refractivity contribution in [3.8, 4) is 0 Å². The maximum absolute atomic E-state index is 5.96. The minimum atomic E-state index is 0.526. The molecule has 0 N–H and O–H groups in total. The van der Waals surface area contributed by atoms with E-state index in [4.69, 9.17) is 11.6 Å². The third kappa shape index (κ3) is 3.93. The van der Waals surface area contributed by atoms with Crippen molar-refractivity contribution in [2.75, 3.05) is 6.54 Å². The van der Waals surface area contributed by atoms with Crippen LogP contribution in [0.15, 0.2) is 6.07 Å². The van der Waals surface area contributed by atoms with E-state index < -0.39 is 0 Å². The summed E-state index contributed by atoms with van der Waals surface area (Å²) in [5.41, 5.74) is 0.940. The SMILES string of the molecule is Cc1cc(Cl)nc(CN(CC2CC2)C(C)C)n1. The highest BCUT2D eigenvalue weighted by atomic mass is 35.5. The zero-order valence-electron chi connectivity index (χ0n) is 10.8. The molecular weight excluding hydrogens is 234 g/mol. The molecule has 1 aromatic heterocycles. The lowest BCUT2D eigenvalue weighted by Crippen LogP contribution is -2.33. The van der Waals surface area contributed by atoms with E-state index in [1.54, 1.807) is 6.07 Å². The lowest BCUT2D eigenvalue weighted by molar-refractivity contribution is 0.198. The van der Waals surface area contributed by atoms with Crippen molar-refractivity contribution in [2.24, 2.45) is 5.92 Å². The molecule has 1 heterocycles. The first-order valence-corrected chi connectivity index (χ1v) is 6.66. The summed E-state index contributed by atoms with van der Waals surface area (Å²) in [7, 11) is 0. The molecule has 17 heavy (non-hydrogen) atoms. The van der Waals surface area contributed by atoms with Crippen molar-refractivity contribution in [2.45, 2.75) is 46.2 Å². The maximum Gasteiger partial charge on any atom is 0.144 e. The topological polar surface area (TPSA) is 29.0 Å². The van der Waals surface area contributed by atoms with Gasteiger partial charge in [0.05, 0.1) is 6.54 Å². The van der Waals surface area contributed by atoms with E-state index >= 15 is 0 Å². The molecule has 0 radical (unpaired) electrons. The van der Waals surface area contributed by atoms with Crippen LogP contribution in [0.3, 0.4) is 0 Å². The summed E-state index contributed by atoms with van der Waals surface area (Å²) < 4.78 is 0. The number of hydrogen-bond acceptors (Lipinski definition) is 3. The van der Waals surface area contributed by atoms with E-state index in [0.29, 0.717) is 11.2 Å². The smallest absolute Gasteiger partial charge is 0.144 e. The molecule has 0 amide bonds. The second-order valence-corrected chi connectivity index (χ2v) is 5.60. The average molecular weight is 254 g/mol. The number of rotatable bonds is 5. The van der Waals surface area contributed by atoms with Gasteiger partial charge >= 0.3 is 0 Å². The molecule has 0 aromatic carbocycles. The minimum absolute atomic E-state index is 0.526. The Morgan fingerprint density at radius 2 is 2.12 bits per heavy atom. The fourth-order valence-corrected chi connectivity index (χ4v) is 2.19. The van der Waals surface area contributed by atoms with E-state index in [2.05, 4.69) is 28.7 Å². The lowest BCUT2D eigenvalue weighted by Gasteiger charge is -2.25. The first-order valence-electron chi connectivity index (χ1n) is 6.28. The van der Waals surface area contributed by atoms with Crippen LogP contribution in [-0.4, -0.2) is 27.5 Å². The van der Waals surface area contributed by atoms with E-state index in [9.17, 15) is 0 Å². The Labute approximate surface area is 108 Å². The molecule has 1 aliphatic carbocycles. The van der Waals surface area contributed by atoms with Gasteiger partial charge in [0.1, 0.15) is 11.0 Å². The van der Waals surface area contributed by atoms with Gasteiger partial charge in [0.2, 0.25) is 0 Å². The van der Waals surface area contributed by atoms with Crippen molar-refractivity contribution in [1.29, 1.82) is 0 Å². The first kappa shape index (κ1) is 12.8. The third-order valence-corrected chi connectivity index (χ3v) is 3.33. The molecule has 1 aliphatic rings. The Morgan fingerprint density at radius 1 is 1.41 bits per heavy atom. The van der Waals surface area contributed by atoms with Gasteiger partial charge in [-0.25, -0.2) is 9.97 Å². The van der Waals surface area contributed by atoms with Crippen LogP contribution in [0, 0.1) is 12.8 Å².